The normalized spacial score (nSPS) is 25.1. The number of benzene rings is 1. The monoisotopic (exact) mass is 492 g/mol. The van der Waals surface area contributed by atoms with E-state index in [9.17, 15) is 9.59 Å². The Morgan fingerprint density at radius 3 is 2.58 bits per heavy atom. The topological polar surface area (TPSA) is 103 Å². The number of carbonyl (C=O) groups is 3. The molecule has 8 nitrogen and oxygen atoms in total. The van der Waals surface area contributed by atoms with Crippen LogP contribution in [0.25, 0.3) is 11.1 Å². The smallest absolute Gasteiger partial charge is 0.290 e. The number of aryl methyl sites for hydroxylation is 1. The highest BCUT2D eigenvalue weighted by molar-refractivity contribution is 6.01. The minimum Gasteiger partial charge on any atom is -0.483 e. The Labute approximate surface area is 212 Å². The number of hydrogen-bond donors (Lipinski definition) is 2. The number of aromatic nitrogens is 1. The number of pyridine rings is 1. The molecule has 2 amide bonds. The number of nitrogens with zero attached hydrogens (tertiary/aromatic N) is 3. The van der Waals surface area contributed by atoms with E-state index in [0.717, 1.165) is 48.4 Å². The lowest BCUT2D eigenvalue weighted by atomic mass is 9.72. The first-order valence-electron chi connectivity index (χ1n) is 12.8. The predicted octanol–water partition coefficient (Wildman–Crippen LogP) is 3.21. The van der Waals surface area contributed by atoms with Gasteiger partial charge in [-0.15, -0.1) is 0 Å². The van der Waals surface area contributed by atoms with Crippen molar-refractivity contribution in [2.45, 2.75) is 51.6 Å². The van der Waals surface area contributed by atoms with Crippen LogP contribution in [0.1, 0.15) is 48.7 Å². The summed E-state index contributed by atoms with van der Waals surface area (Å²) >= 11 is 0. The number of piperidine rings is 3. The van der Waals surface area contributed by atoms with Crippen molar-refractivity contribution in [2.75, 3.05) is 26.2 Å². The Morgan fingerprint density at radius 1 is 1.14 bits per heavy atom. The van der Waals surface area contributed by atoms with Crippen LogP contribution < -0.4 is 5.32 Å². The molecule has 1 aromatic heterocycles. The van der Waals surface area contributed by atoms with Crippen molar-refractivity contribution >= 4 is 18.3 Å². The molecule has 2 bridgehead atoms. The van der Waals surface area contributed by atoms with Gasteiger partial charge in [0.1, 0.15) is 0 Å². The molecule has 1 aromatic carbocycles. The third kappa shape index (κ3) is 5.43. The van der Waals surface area contributed by atoms with Crippen LogP contribution in [0, 0.1) is 18.8 Å². The molecular weight excluding hydrogens is 456 g/mol. The number of fused-ring (bicyclic) bond motifs is 4. The van der Waals surface area contributed by atoms with Crippen LogP contribution in [-0.4, -0.2) is 76.4 Å². The number of likely N-dealkylation sites (tertiary alicyclic amines) is 1. The standard InChI is InChI=1S/C27H34N4O2.CH2O2/c1-18-26(23(11-12-28-18)20-8-4-3-5-9-20)27(33)30-16-21-14-22(17-30)25(15-29-19(2)32)31-13-7-6-10-24(21)31;2-1-3/h3-5,8-9,11-12,21-22,24-25H,6-7,10,13-17H2,1-2H3,(H,29,32);1H,(H,2,3)/t21-,22+,24+,25+;/m1./s1. The van der Waals surface area contributed by atoms with E-state index in [-0.39, 0.29) is 18.3 Å². The van der Waals surface area contributed by atoms with E-state index in [4.69, 9.17) is 9.90 Å². The second-order valence-electron chi connectivity index (χ2n) is 10.1. The van der Waals surface area contributed by atoms with Crippen LogP contribution in [0.4, 0.5) is 0 Å². The minimum absolute atomic E-state index is 0.0212. The zero-order valence-corrected chi connectivity index (χ0v) is 21.1. The molecule has 5 rings (SSSR count). The van der Waals surface area contributed by atoms with Gasteiger partial charge in [0.05, 0.1) is 11.3 Å². The van der Waals surface area contributed by atoms with E-state index in [1.54, 1.807) is 13.1 Å². The van der Waals surface area contributed by atoms with Crippen molar-refractivity contribution in [3.05, 3.63) is 53.9 Å². The summed E-state index contributed by atoms with van der Waals surface area (Å²) in [5, 5.41) is 9.96. The SMILES string of the molecule is CC(=O)NC[C@H]1[C@H]2C[C@H](CN(C(=O)c3c(-c4ccccc4)ccnc3C)C2)[C@@H]2CCCCN21.O=CO. The first kappa shape index (κ1) is 25.8. The zero-order chi connectivity index (χ0) is 25.7. The highest BCUT2D eigenvalue weighted by Crippen LogP contribution is 2.41. The van der Waals surface area contributed by atoms with Crippen LogP contribution >= 0.6 is 0 Å². The molecule has 8 heteroatoms. The lowest BCUT2D eigenvalue weighted by molar-refractivity contribution is -0.123. The molecule has 4 heterocycles. The van der Waals surface area contributed by atoms with Gasteiger partial charge < -0.3 is 15.3 Å². The molecule has 4 atom stereocenters. The quantitative estimate of drug-likeness (QED) is 0.636. The Kier molecular flexibility index (Phi) is 8.36. The van der Waals surface area contributed by atoms with Gasteiger partial charge in [0, 0.05) is 44.8 Å². The summed E-state index contributed by atoms with van der Waals surface area (Å²) in [6.45, 7) is 6.61. The van der Waals surface area contributed by atoms with E-state index in [1.165, 1.54) is 19.3 Å². The van der Waals surface area contributed by atoms with Gasteiger partial charge in [-0.25, -0.2) is 0 Å². The maximum Gasteiger partial charge on any atom is 0.290 e. The molecule has 3 fully saturated rings. The highest BCUT2D eigenvalue weighted by Gasteiger charge is 2.48. The molecule has 3 saturated heterocycles. The highest BCUT2D eigenvalue weighted by atomic mass is 16.3. The Balaban J connectivity index is 0.000000967. The third-order valence-corrected chi connectivity index (χ3v) is 7.91. The second-order valence-corrected chi connectivity index (χ2v) is 10.1. The second kappa shape index (κ2) is 11.6. The Bertz CT molecular complexity index is 1080. The van der Waals surface area contributed by atoms with Crippen molar-refractivity contribution < 1.29 is 19.5 Å². The summed E-state index contributed by atoms with van der Waals surface area (Å²) in [5.41, 5.74) is 3.51. The molecule has 3 aliphatic rings. The van der Waals surface area contributed by atoms with Gasteiger partial charge in [-0.2, -0.15) is 0 Å². The van der Waals surface area contributed by atoms with Gasteiger partial charge >= 0.3 is 0 Å². The molecule has 0 aliphatic carbocycles. The number of amides is 2. The van der Waals surface area contributed by atoms with Gasteiger partial charge in [-0.05, 0) is 61.8 Å². The molecule has 0 saturated carbocycles. The molecule has 192 valence electrons. The van der Waals surface area contributed by atoms with E-state index >= 15 is 0 Å². The first-order valence-corrected chi connectivity index (χ1v) is 12.8. The number of nitrogens with one attached hydrogen (secondary N) is 1. The van der Waals surface area contributed by atoms with Crippen LogP contribution in [0.5, 0.6) is 0 Å². The maximum absolute atomic E-state index is 14.0. The van der Waals surface area contributed by atoms with Gasteiger partial charge in [-0.3, -0.25) is 24.3 Å². The summed E-state index contributed by atoms with van der Waals surface area (Å²) in [6.07, 6.45) is 6.61. The molecule has 0 spiro atoms. The largest absolute Gasteiger partial charge is 0.483 e. The molecule has 3 aliphatic heterocycles. The summed E-state index contributed by atoms with van der Waals surface area (Å²) in [6, 6.07) is 12.9. The predicted molar refractivity (Wildman–Crippen MR) is 137 cm³/mol. The maximum atomic E-state index is 14.0. The van der Waals surface area contributed by atoms with E-state index in [2.05, 4.69) is 32.2 Å². The van der Waals surface area contributed by atoms with E-state index < -0.39 is 0 Å². The Morgan fingerprint density at radius 2 is 1.86 bits per heavy atom. The van der Waals surface area contributed by atoms with E-state index in [0.29, 0.717) is 30.5 Å². The zero-order valence-electron chi connectivity index (χ0n) is 21.1. The fraction of sp³-hybridized carbons (Fsp3) is 0.500. The number of hydrogen-bond acceptors (Lipinski definition) is 5. The van der Waals surface area contributed by atoms with Crippen molar-refractivity contribution in [1.29, 1.82) is 0 Å². The molecule has 0 radical (unpaired) electrons. The third-order valence-electron chi connectivity index (χ3n) is 7.91. The molecule has 36 heavy (non-hydrogen) atoms. The Hall–Kier alpha value is -3.26. The lowest BCUT2D eigenvalue weighted by Crippen LogP contribution is -2.66. The molecule has 2 aromatic rings. The van der Waals surface area contributed by atoms with Crippen molar-refractivity contribution in [1.82, 2.24) is 20.1 Å². The van der Waals surface area contributed by atoms with Crippen molar-refractivity contribution in [3.63, 3.8) is 0 Å². The molecular formula is C28H36N4O4. The first-order chi connectivity index (χ1) is 17.4. The van der Waals surface area contributed by atoms with Crippen molar-refractivity contribution in [2.24, 2.45) is 11.8 Å². The van der Waals surface area contributed by atoms with Crippen LogP contribution in [0.15, 0.2) is 42.6 Å². The van der Waals surface area contributed by atoms with Gasteiger partial charge in [-0.1, -0.05) is 36.8 Å². The van der Waals surface area contributed by atoms with Gasteiger partial charge in [0.2, 0.25) is 5.91 Å². The number of rotatable bonds is 4. The van der Waals surface area contributed by atoms with Gasteiger partial charge in [0.25, 0.3) is 12.4 Å². The average molecular weight is 493 g/mol. The van der Waals surface area contributed by atoms with E-state index in [1.807, 2.05) is 31.2 Å². The fourth-order valence-corrected chi connectivity index (χ4v) is 6.46. The molecule has 2 N–H and O–H groups in total. The lowest BCUT2D eigenvalue weighted by Gasteiger charge is -2.56. The van der Waals surface area contributed by atoms with Crippen molar-refractivity contribution in [3.8, 4) is 11.1 Å². The van der Waals surface area contributed by atoms with Crippen LogP contribution in [0.2, 0.25) is 0 Å². The minimum atomic E-state index is -0.250. The summed E-state index contributed by atoms with van der Waals surface area (Å²) in [7, 11) is 0. The van der Waals surface area contributed by atoms with Crippen LogP contribution in [-0.2, 0) is 9.59 Å². The van der Waals surface area contributed by atoms with Gasteiger partial charge in [0.15, 0.2) is 0 Å². The summed E-state index contributed by atoms with van der Waals surface area (Å²) in [5.74, 6) is 0.995. The fourth-order valence-electron chi connectivity index (χ4n) is 6.46. The summed E-state index contributed by atoms with van der Waals surface area (Å²) < 4.78 is 0. The molecule has 0 unspecified atom stereocenters. The number of carboxylic acid groups (broad SMARTS) is 1. The summed E-state index contributed by atoms with van der Waals surface area (Å²) in [4.78, 5) is 43.3. The van der Waals surface area contributed by atoms with Crippen LogP contribution in [0.3, 0.4) is 0 Å². The number of carbonyl (C=O) groups excluding carboxylic acids is 2. The average Bonchev–Trinajstić information content (AvgIpc) is 2.89.